The normalized spacial score (nSPS) is 11.1. The van der Waals surface area contributed by atoms with E-state index in [0.717, 1.165) is 39.3 Å². The van der Waals surface area contributed by atoms with Gasteiger partial charge in [-0.2, -0.15) is 0 Å². The first kappa shape index (κ1) is 21.8. The Morgan fingerprint density at radius 3 is 1.35 bits per heavy atom. The van der Waals surface area contributed by atoms with Crippen molar-refractivity contribution in [2.24, 2.45) is 0 Å². The lowest BCUT2D eigenvalue weighted by Gasteiger charge is -2.23. The molecule has 7 nitrogen and oxygen atoms in total. The molecule has 0 radical (unpaired) electrons. The topological polar surface area (TPSA) is 59.1 Å². The molecular formula is C16H35N5O2. The average Bonchev–Trinajstić information content (AvgIpc) is 2.51. The van der Waals surface area contributed by atoms with Crippen molar-refractivity contribution in [3.63, 3.8) is 0 Å². The van der Waals surface area contributed by atoms with Crippen LogP contribution in [0, 0.1) is 0 Å². The predicted octanol–water partition coefficient (Wildman–Crippen LogP) is -0.604. The molecule has 1 N–H and O–H groups in total. The summed E-state index contributed by atoms with van der Waals surface area (Å²) in [6.45, 7) is 10.1. The molecule has 0 rings (SSSR count). The van der Waals surface area contributed by atoms with Crippen LogP contribution in [0.25, 0.3) is 0 Å². The van der Waals surface area contributed by atoms with Crippen molar-refractivity contribution < 1.29 is 9.59 Å². The van der Waals surface area contributed by atoms with Crippen molar-refractivity contribution in [2.45, 2.75) is 13.8 Å². The summed E-state index contributed by atoms with van der Waals surface area (Å²) in [7, 11) is 7.12. The van der Waals surface area contributed by atoms with Gasteiger partial charge in [0.15, 0.2) is 0 Å². The number of carbonyl (C=O) groups is 2. The van der Waals surface area contributed by atoms with E-state index in [4.69, 9.17) is 0 Å². The van der Waals surface area contributed by atoms with E-state index in [0.29, 0.717) is 13.1 Å². The Morgan fingerprint density at radius 1 is 0.739 bits per heavy atom. The fourth-order valence-electron chi connectivity index (χ4n) is 1.96. The maximum atomic E-state index is 11.7. The van der Waals surface area contributed by atoms with Gasteiger partial charge in [-0.25, -0.2) is 0 Å². The molecule has 0 heterocycles. The van der Waals surface area contributed by atoms with Gasteiger partial charge in [0.1, 0.15) is 0 Å². The third kappa shape index (κ3) is 10.3. The van der Waals surface area contributed by atoms with Gasteiger partial charge in [0.25, 0.3) is 0 Å². The standard InChI is InChI=1S/C16H35N5O2/c1-7-20(13-15(22)18(3)4)11-9-17-10-12-21(8-2)14-16(23)19(5)6/h17H,7-14H2,1-6H3. The van der Waals surface area contributed by atoms with E-state index in [1.165, 1.54) is 0 Å². The van der Waals surface area contributed by atoms with Gasteiger partial charge in [-0.1, -0.05) is 13.8 Å². The van der Waals surface area contributed by atoms with Gasteiger partial charge in [0.05, 0.1) is 13.1 Å². The Kier molecular flexibility index (Phi) is 11.6. The summed E-state index contributed by atoms with van der Waals surface area (Å²) in [5.74, 6) is 0.261. The molecule has 0 fully saturated rings. The van der Waals surface area contributed by atoms with Crippen LogP contribution < -0.4 is 5.32 Å². The summed E-state index contributed by atoms with van der Waals surface area (Å²) in [5, 5.41) is 3.39. The van der Waals surface area contributed by atoms with Crippen molar-refractivity contribution in [1.82, 2.24) is 24.9 Å². The van der Waals surface area contributed by atoms with Crippen molar-refractivity contribution >= 4 is 11.8 Å². The molecule has 0 aliphatic heterocycles. The van der Waals surface area contributed by atoms with E-state index in [-0.39, 0.29) is 11.8 Å². The molecule has 0 aromatic heterocycles. The van der Waals surface area contributed by atoms with Crippen LogP contribution in [0.4, 0.5) is 0 Å². The molecule has 0 aromatic carbocycles. The predicted molar refractivity (Wildman–Crippen MR) is 94.5 cm³/mol. The first-order valence-corrected chi connectivity index (χ1v) is 8.37. The molecule has 7 heteroatoms. The van der Waals surface area contributed by atoms with Crippen LogP contribution >= 0.6 is 0 Å². The molecule has 0 aliphatic carbocycles. The highest BCUT2D eigenvalue weighted by Crippen LogP contribution is 1.91. The zero-order valence-corrected chi connectivity index (χ0v) is 15.8. The van der Waals surface area contributed by atoms with Crippen LogP contribution in [0.1, 0.15) is 13.8 Å². The maximum Gasteiger partial charge on any atom is 0.236 e. The SMILES string of the molecule is CCN(CCNCCN(CC)CC(=O)N(C)C)CC(=O)N(C)C. The van der Waals surface area contributed by atoms with Crippen molar-refractivity contribution in [1.29, 1.82) is 0 Å². The molecule has 0 spiro atoms. The highest BCUT2D eigenvalue weighted by Gasteiger charge is 2.11. The molecular weight excluding hydrogens is 294 g/mol. The molecule has 0 atom stereocenters. The summed E-state index contributed by atoms with van der Waals surface area (Å²) in [6.07, 6.45) is 0. The van der Waals surface area contributed by atoms with E-state index < -0.39 is 0 Å². The van der Waals surface area contributed by atoms with Crippen LogP contribution in [0.5, 0.6) is 0 Å². The second-order valence-electron chi connectivity index (χ2n) is 6.06. The third-order valence-electron chi connectivity index (χ3n) is 3.82. The molecule has 0 saturated carbocycles. The fourth-order valence-corrected chi connectivity index (χ4v) is 1.96. The lowest BCUT2D eigenvalue weighted by Crippen LogP contribution is -2.42. The largest absolute Gasteiger partial charge is 0.348 e. The number of amides is 2. The zero-order valence-electron chi connectivity index (χ0n) is 15.8. The van der Waals surface area contributed by atoms with Gasteiger partial charge >= 0.3 is 0 Å². The van der Waals surface area contributed by atoms with Gasteiger partial charge in [-0.05, 0) is 13.1 Å². The van der Waals surface area contributed by atoms with E-state index in [1.807, 2.05) is 0 Å². The highest BCUT2D eigenvalue weighted by atomic mass is 16.2. The van der Waals surface area contributed by atoms with Crippen LogP contribution in [0.2, 0.25) is 0 Å². The molecule has 0 unspecified atom stereocenters. The Morgan fingerprint density at radius 2 is 1.09 bits per heavy atom. The van der Waals surface area contributed by atoms with E-state index >= 15 is 0 Å². The monoisotopic (exact) mass is 329 g/mol. The van der Waals surface area contributed by atoms with Gasteiger partial charge in [0.2, 0.25) is 11.8 Å². The minimum absolute atomic E-state index is 0.131. The van der Waals surface area contributed by atoms with Gasteiger partial charge in [-0.3, -0.25) is 19.4 Å². The molecule has 0 aliphatic rings. The Balaban J connectivity index is 3.92. The van der Waals surface area contributed by atoms with Crippen molar-refractivity contribution in [3.8, 4) is 0 Å². The Bertz CT molecular complexity index is 315. The van der Waals surface area contributed by atoms with E-state index in [2.05, 4.69) is 29.0 Å². The molecule has 0 saturated heterocycles. The molecule has 0 aromatic rings. The number of likely N-dealkylation sites (N-methyl/N-ethyl adjacent to an activating group) is 4. The first-order valence-electron chi connectivity index (χ1n) is 8.37. The van der Waals surface area contributed by atoms with Crippen molar-refractivity contribution in [3.05, 3.63) is 0 Å². The molecule has 0 bridgehead atoms. The highest BCUT2D eigenvalue weighted by molar-refractivity contribution is 5.78. The van der Waals surface area contributed by atoms with Crippen LogP contribution in [0.3, 0.4) is 0 Å². The van der Waals surface area contributed by atoms with Gasteiger partial charge in [0, 0.05) is 54.4 Å². The summed E-state index contributed by atoms with van der Waals surface area (Å²) < 4.78 is 0. The molecule has 2 amide bonds. The van der Waals surface area contributed by atoms with Crippen LogP contribution in [-0.2, 0) is 9.59 Å². The Hall–Kier alpha value is -1.18. The summed E-state index contributed by atoms with van der Waals surface area (Å²) in [6, 6.07) is 0. The minimum Gasteiger partial charge on any atom is -0.348 e. The van der Waals surface area contributed by atoms with Gasteiger partial charge in [-0.15, -0.1) is 0 Å². The van der Waals surface area contributed by atoms with Crippen LogP contribution in [0.15, 0.2) is 0 Å². The number of rotatable bonds is 12. The van der Waals surface area contributed by atoms with E-state index in [1.54, 1.807) is 38.0 Å². The number of nitrogens with zero attached hydrogens (tertiary/aromatic N) is 4. The lowest BCUT2D eigenvalue weighted by molar-refractivity contribution is -0.130. The van der Waals surface area contributed by atoms with Crippen LogP contribution in [-0.4, -0.2) is 112 Å². The van der Waals surface area contributed by atoms with Gasteiger partial charge < -0.3 is 15.1 Å². The zero-order chi connectivity index (χ0) is 17.8. The van der Waals surface area contributed by atoms with E-state index in [9.17, 15) is 9.59 Å². The lowest BCUT2D eigenvalue weighted by atomic mass is 10.4. The molecule has 136 valence electrons. The Labute approximate surface area is 141 Å². The smallest absolute Gasteiger partial charge is 0.236 e. The average molecular weight is 329 g/mol. The van der Waals surface area contributed by atoms with Crippen molar-refractivity contribution in [2.75, 3.05) is 80.5 Å². The quantitative estimate of drug-likeness (QED) is 0.485. The summed E-state index contributed by atoms with van der Waals surface area (Å²) >= 11 is 0. The number of hydrogen-bond donors (Lipinski definition) is 1. The summed E-state index contributed by atoms with van der Waals surface area (Å²) in [4.78, 5) is 30.9. The second-order valence-corrected chi connectivity index (χ2v) is 6.06. The molecule has 23 heavy (non-hydrogen) atoms. The summed E-state index contributed by atoms with van der Waals surface area (Å²) in [5.41, 5.74) is 0. The fraction of sp³-hybridized carbons (Fsp3) is 0.875. The maximum absolute atomic E-state index is 11.7. The number of carbonyl (C=O) groups excluding carboxylic acids is 2. The number of hydrogen-bond acceptors (Lipinski definition) is 5. The first-order chi connectivity index (χ1) is 10.8. The second kappa shape index (κ2) is 12.3. The number of nitrogens with one attached hydrogen (secondary N) is 1. The third-order valence-corrected chi connectivity index (χ3v) is 3.82. The minimum atomic E-state index is 0.131.